The number of esters is 1. The van der Waals surface area contributed by atoms with Gasteiger partial charge < -0.3 is 14.9 Å². The molecule has 0 aromatic heterocycles. The van der Waals surface area contributed by atoms with Crippen molar-refractivity contribution in [3.05, 3.63) is 24.8 Å². The minimum Gasteiger partial charge on any atom is -0.507 e. The molecule has 0 aliphatic heterocycles. The van der Waals surface area contributed by atoms with Gasteiger partial charge in [0.2, 0.25) is 0 Å². The fourth-order valence-corrected chi connectivity index (χ4v) is 4.82. The fraction of sp³-hybridized carbons (Fsp3) is 0.467. The quantitative estimate of drug-likeness (QED) is 0.416. The Morgan fingerprint density at radius 3 is 2.33 bits per heavy atom. The first-order chi connectivity index (χ1) is 11.1. The highest BCUT2D eigenvalue weighted by Crippen LogP contribution is 2.38. The van der Waals surface area contributed by atoms with E-state index in [9.17, 15) is 23.5 Å². The molecule has 132 valence electrons. The van der Waals surface area contributed by atoms with Gasteiger partial charge in [-0.25, -0.2) is 9.59 Å². The molecule has 0 amide bonds. The number of hydrogen-bond donors (Lipinski definition) is 2. The lowest BCUT2D eigenvalue weighted by atomic mass is 9.95. The summed E-state index contributed by atoms with van der Waals surface area (Å²) in [5.74, 6) is -8.77. The summed E-state index contributed by atoms with van der Waals surface area (Å²) in [7, 11) is 0. The molecule has 1 fully saturated rings. The predicted octanol–water partition coefficient (Wildman–Crippen LogP) is 4.04. The van der Waals surface area contributed by atoms with Crippen molar-refractivity contribution in [2.75, 3.05) is 0 Å². The number of benzene rings is 1. The van der Waals surface area contributed by atoms with Crippen LogP contribution >= 0.6 is 45.2 Å². The summed E-state index contributed by atoms with van der Waals surface area (Å²) in [5, 5.41) is 18.7. The highest BCUT2D eigenvalue weighted by Gasteiger charge is 2.54. The van der Waals surface area contributed by atoms with Gasteiger partial charge in [-0.05, 0) is 70.2 Å². The van der Waals surface area contributed by atoms with Crippen molar-refractivity contribution in [3.63, 3.8) is 0 Å². The second-order valence-corrected chi connectivity index (χ2v) is 7.99. The molecule has 9 heteroatoms. The Kier molecular flexibility index (Phi) is 6.26. The molecule has 1 aliphatic carbocycles. The molecule has 2 rings (SSSR count). The van der Waals surface area contributed by atoms with E-state index in [-0.39, 0.29) is 11.3 Å². The van der Waals surface area contributed by atoms with Gasteiger partial charge >= 0.3 is 17.9 Å². The van der Waals surface area contributed by atoms with Crippen LogP contribution in [-0.2, 0) is 9.53 Å². The predicted molar refractivity (Wildman–Crippen MR) is 97.3 cm³/mol. The van der Waals surface area contributed by atoms with Gasteiger partial charge in [0.25, 0.3) is 0 Å². The summed E-state index contributed by atoms with van der Waals surface area (Å²) in [5.41, 5.74) is -0.236. The number of rotatable bonds is 5. The lowest BCUT2D eigenvalue weighted by molar-refractivity contribution is -0.188. The van der Waals surface area contributed by atoms with E-state index in [1.807, 2.05) is 22.6 Å². The van der Waals surface area contributed by atoms with Crippen LogP contribution in [0.4, 0.5) is 8.78 Å². The standard InChI is InChI=1S/C15H14F2I2O5/c16-15(17,14(22)23)12(7-3-1-2-4-7)24-13(21)11-9(19)5-8(18)6-10(11)20/h5-7,12,20H,1-4H2,(H,22,23). The topological polar surface area (TPSA) is 83.8 Å². The van der Waals surface area contributed by atoms with Crippen LogP contribution in [0, 0.1) is 13.1 Å². The van der Waals surface area contributed by atoms with Crippen LogP contribution in [0.5, 0.6) is 5.75 Å². The Morgan fingerprint density at radius 2 is 1.83 bits per heavy atom. The second kappa shape index (κ2) is 7.67. The third kappa shape index (κ3) is 4.09. The van der Waals surface area contributed by atoms with E-state index in [1.54, 1.807) is 28.7 Å². The average Bonchev–Trinajstić information content (AvgIpc) is 2.96. The maximum atomic E-state index is 14.1. The van der Waals surface area contributed by atoms with Crippen LogP contribution in [0.1, 0.15) is 36.0 Å². The van der Waals surface area contributed by atoms with E-state index in [0.717, 1.165) is 0 Å². The van der Waals surface area contributed by atoms with Gasteiger partial charge in [0.05, 0.1) is 0 Å². The summed E-state index contributed by atoms with van der Waals surface area (Å²) in [6, 6.07) is 2.89. The van der Waals surface area contributed by atoms with E-state index in [1.165, 1.54) is 6.07 Å². The van der Waals surface area contributed by atoms with Crippen LogP contribution in [-0.4, -0.2) is 34.2 Å². The zero-order valence-corrected chi connectivity index (χ0v) is 16.6. The molecule has 0 saturated heterocycles. The Labute approximate surface area is 164 Å². The number of aliphatic carboxylic acids is 1. The molecule has 5 nitrogen and oxygen atoms in total. The number of carboxylic acid groups (broad SMARTS) is 1. The second-order valence-electron chi connectivity index (χ2n) is 5.58. The molecule has 1 atom stereocenters. The highest BCUT2D eigenvalue weighted by molar-refractivity contribution is 14.1. The molecule has 1 aromatic rings. The number of aromatic hydroxyl groups is 1. The van der Waals surface area contributed by atoms with Crippen LogP contribution in [0.3, 0.4) is 0 Å². The molecule has 1 unspecified atom stereocenters. The Bertz CT molecular complexity index is 636. The third-order valence-corrected chi connectivity index (χ3v) is 5.42. The maximum absolute atomic E-state index is 14.1. The summed E-state index contributed by atoms with van der Waals surface area (Å²) in [4.78, 5) is 23.2. The largest absolute Gasteiger partial charge is 0.507 e. The van der Waals surface area contributed by atoms with Gasteiger partial charge in [-0.3, -0.25) is 0 Å². The van der Waals surface area contributed by atoms with E-state index in [0.29, 0.717) is 32.8 Å². The van der Waals surface area contributed by atoms with E-state index in [4.69, 9.17) is 9.84 Å². The molecule has 0 bridgehead atoms. The first kappa shape index (κ1) is 19.6. The minimum absolute atomic E-state index is 0.236. The van der Waals surface area contributed by atoms with E-state index < -0.39 is 29.9 Å². The third-order valence-electron chi connectivity index (χ3n) is 3.94. The molecule has 0 radical (unpaired) electrons. The zero-order chi connectivity index (χ0) is 18.1. The monoisotopic (exact) mass is 566 g/mol. The lowest BCUT2D eigenvalue weighted by Gasteiger charge is -2.28. The van der Waals surface area contributed by atoms with Crippen LogP contribution in [0.25, 0.3) is 0 Å². The van der Waals surface area contributed by atoms with Gasteiger partial charge in [0.15, 0.2) is 6.10 Å². The Balaban J connectivity index is 2.33. The van der Waals surface area contributed by atoms with Crippen molar-refractivity contribution >= 4 is 57.1 Å². The smallest absolute Gasteiger partial charge is 0.378 e. The molecule has 1 aromatic carbocycles. The molecular weight excluding hydrogens is 552 g/mol. The van der Waals surface area contributed by atoms with Gasteiger partial charge in [-0.1, -0.05) is 12.8 Å². The number of phenolic OH excluding ortho intramolecular Hbond substituents is 1. The van der Waals surface area contributed by atoms with Gasteiger partial charge in [-0.2, -0.15) is 8.78 Å². The molecule has 0 heterocycles. The van der Waals surface area contributed by atoms with Crippen LogP contribution in [0.15, 0.2) is 12.1 Å². The number of phenols is 1. The van der Waals surface area contributed by atoms with Crippen LogP contribution < -0.4 is 0 Å². The fourth-order valence-electron chi connectivity index (χ4n) is 2.78. The van der Waals surface area contributed by atoms with Crippen molar-refractivity contribution in [2.45, 2.75) is 37.7 Å². The van der Waals surface area contributed by atoms with Gasteiger partial charge in [0.1, 0.15) is 11.3 Å². The number of ether oxygens (including phenoxy) is 1. The molecule has 2 N–H and O–H groups in total. The zero-order valence-electron chi connectivity index (χ0n) is 12.3. The first-order valence-corrected chi connectivity index (χ1v) is 9.30. The van der Waals surface area contributed by atoms with E-state index in [2.05, 4.69) is 0 Å². The first-order valence-electron chi connectivity index (χ1n) is 7.14. The number of halogens is 4. The molecule has 0 spiro atoms. The molecule has 24 heavy (non-hydrogen) atoms. The number of carbonyl (C=O) groups is 2. The summed E-state index contributed by atoms with van der Waals surface area (Å²) < 4.78 is 34.0. The summed E-state index contributed by atoms with van der Waals surface area (Å²) in [6.07, 6.45) is 0.0497. The van der Waals surface area contributed by atoms with Crippen molar-refractivity contribution in [1.29, 1.82) is 0 Å². The number of carbonyl (C=O) groups excluding carboxylic acids is 1. The Morgan fingerprint density at radius 1 is 1.25 bits per heavy atom. The average molecular weight is 566 g/mol. The van der Waals surface area contributed by atoms with Crippen molar-refractivity contribution in [1.82, 2.24) is 0 Å². The number of alkyl halides is 2. The minimum atomic E-state index is -4.19. The molecule has 1 aliphatic rings. The Hall–Kier alpha value is -0.720. The van der Waals surface area contributed by atoms with Crippen LogP contribution in [0.2, 0.25) is 0 Å². The number of hydrogen-bond acceptors (Lipinski definition) is 4. The molecular formula is C15H14F2I2O5. The summed E-state index contributed by atoms with van der Waals surface area (Å²) in [6.45, 7) is 0. The van der Waals surface area contributed by atoms with E-state index >= 15 is 0 Å². The highest BCUT2D eigenvalue weighted by atomic mass is 127. The van der Waals surface area contributed by atoms with Crippen molar-refractivity contribution < 1.29 is 33.3 Å². The normalized spacial score (nSPS) is 16.8. The lowest BCUT2D eigenvalue weighted by Crippen LogP contribution is -2.48. The maximum Gasteiger partial charge on any atom is 0.378 e. The van der Waals surface area contributed by atoms with Crippen molar-refractivity contribution in [2.24, 2.45) is 5.92 Å². The SMILES string of the molecule is O=C(OC(C1CCCC1)C(F)(F)C(=O)O)c1c(O)cc(I)cc1I. The molecule has 1 saturated carbocycles. The summed E-state index contributed by atoms with van der Waals surface area (Å²) >= 11 is 3.72. The van der Waals surface area contributed by atoms with Gasteiger partial charge in [-0.15, -0.1) is 0 Å². The van der Waals surface area contributed by atoms with Crippen molar-refractivity contribution in [3.8, 4) is 5.75 Å². The number of carboxylic acids is 1. The van der Waals surface area contributed by atoms with Gasteiger partial charge in [0, 0.05) is 13.1 Å².